The Morgan fingerprint density at radius 3 is 3.12 bits per heavy atom. The molecule has 0 radical (unpaired) electrons. The molecule has 0 saturated carbocycles. The highest BCUT2D eigenvalue weighted by Gasteiger charge is 2.30. The van der Waals surface area contributed by atoms with Crippen LogP contribution in [0.5, 0.6) is 0 Å². The minimum absolute atomic E-state index is 0.129. The predicted octanol–water partition coefficient (Wildman–Crippen LogP) is 1.20. The lowest BCUT2D eigenvalue weighted by Gasteiger charge is -2.37. The number of fused-ring (bicyclic) bond motifs is 4. The Labute approximate surface area is 94.8 Å². The highest BCUT2D eigenvalue weighted by atomic mass is 16.1. The third-order valence-corrected chi connectivity index (χ3v) is 3.72. The molecule has 84 valence electrons. The van der Waals surface area contributed by atoms with Crippen molar-refractivity contribution in [2.75, 3.05) is 13.1 Å². The number of pyridine rings is 1. The van der Waals surface area contributed by atoms with Gasteiger partial charge in [0, 0.05) is 30.8 Å². The van der Waals surface area contributed by atoms with Crippen molar-refractivity contribution in [2.24, 2.45) is 5.92 Å². The molecule has 0 spiro atoms. The van der Waals surface area contributed by atoms with Gasteiger partial charge in [-0.2, -0.15) is 0 Å². The highest BCUT2D eigenvalue weighted by Crippen LogP contribution is 2.31. The van der Waals surface area contributed by atoms with Crippen LogP contribution in [-0.4, -0.2) is 17.7 Å². The van der Waals surface area contributed by atoms with Crippen LogP contribution in [0.3, 0.4) is 0 Å². The molecule has 3 nitrogen and oxygen atoms in total. The molecular formula is C13H16N2O. The molecular weight excluding hydrogens is 200 g/mol. The van der Waals surface area contributed by atoms with Gasteiger partial charge in [-0.3, -0.25) is 4.79 Å². The van der Waals surface area contributed by atoms with E-state index in [9.17, 15) is 4.79 Å². The summed E-state index contributed by atoms with van der Waals surface area (Å²) in [5.74, 6) is 1.12. The quantitative estimate of drug-likeness (QED) is 0.765. The molecule has 0 aliphatic carbocycles. The molecule has 2 aliphatic rings. The first-order valence-electron chi connectivity index (χ1n) is 5.86. The maximum Gasteiger partial charge on any atom is 0.251 e. The maximum atomic E-state index is 12.0. The van der Waals surface area contributed by atoms with E-state index in [0.717, 1.165) is 25.2 Å². The second-order valence-electron chi connectivity index (χ2n) is 4.82. The van der Waals surface area contributed by atoms with Gasteiger partial charge in [0.15, 0.2) is 0 Å². The first kappa shape index (κ1) is 9.85. The highest BCUT2D eigenvalue weighted by molar-refractivity contribution is 5.47. The Bertz CT molecular complexity index is 489. The van der Waals surface area contributed by atoms with Crippen molar-refractivity contribution in [1.82, 2.24) is 9.88 Å². The van der Waals surface area contributed by atoms with E-state index >= 15 is 0 Å². The van der Waals surface area contributed by atoms with Gasteiger partial charge in [0.1, 0.15) is 0 Å². The standard InChI is InChI=1S/C13H16N2O/c1-2-9-4-12-11-3-10(6-14-7-11)8-15(12)13(16)5-9/h2,4-5,10-11,14H,1,3,6-8H2/t10-,11+/m0/s1. The Hall–Kier alpha value is -1.35. The van der Waals surface area contributed by atoms with Crippen LogP contribution < -0.4 is 10.9 Å². The van der Waals surface area contributed by atoms with E-state index in [1.54, 1.807) is 12.1 Å². The van der Waals surface area contributed by atoms with Gasteiger partial charge in [0.2, 0.25) is 0 Å². The average Bonchev–Trinajstić information content (AvgIpc) is 2.31. The minimum Gasteiger partial charge on any atom is -0.316 e. The molecule has 3 rings (SSSR count). The number of hydrogen-bond donors (Lipinski definition) is 1. The van der Waals surface area contributed by atoms with Gasteiger partial charge in [-0.1, -0.05) is 12.7 Å². The topological polar surface area (TPSA) is 34.0 Å². The number of nitrogens with one attached hydrogen (secondary N) is 1. The zero-order valence-electron chi connectivity index (χ0n) is 9.28. The van der Waals surface area contributed by atoms with E-state index in [0.29, 0.717) is 11.8 Å². The second-order valence-corrected chi connectivity index (χ2v) is 4.82. The van der Waals surface area contributed by atoms with Gasteiger partial charge in [-0.25, -0.2) is 0 Å². The fourth-order valence-corrected chi connectivity index (χ4v) is 2.94. The number of aromatic nitrogens is 1. The summed E-state index contributed by atoms with van der Waals surface area (Å²) in [6.45, 7) is 6.65. The lowest BCUT2D eigenvalue weighted by Crippen LogP contribution is -2.44. The monoisotopic (exact) mass is 216 g/mol. The smallest absolute Gasteiger partial charge is 0.251 e. The molecule has 1 aromatic heterocycles. The van der Waals surface area contributed by atoms with Crippen molar-refractivity contribution >= 4 is 6.08 Å². The van der Waals surface area contributed by atoms with Crippen LogP contribution in [0.4, 0.5) is 0 Å². The van der Waals surface area contributed by atoms with Crippen LogP contribution in [0.25, 0.3) is 6.08 Å². The lowest BCUT2D eigenvalue weighted by atomic mass is 9.84. The zero-order chi connectivity index (χ0) is 11.1. The van der Waals surface area contributed by atoms with Crippen molar-refractivity contribution < 1.29 is 0 Å². The summed E-state index contributed by atoms with van der Waals surface area (Å²) in [6, 6.07) is 3.80. The SMILES string of the molecule is C=Cc1cc2n(c(=O)c1)C[C@@H]1CNC[C@H]2C1. The number of hydrogen-bond acceptors (Lipinski definition) is 2. The summed E-state index contributed by atoms with van der Waals surface area (Å²) in [6.07, 6.45) is 2.97. The molecule has 2 aliphatic heterocycles. The molecule has 0 aromatic carbocycles. The summed E-state index contributed by atoms with van der Waals surface area (Å²) < 4.78 is 1.95. The van der Waals surface area contributed by atoms with E-state index < -0.39 is 0 Å². The number of nitrogens with zero attached hydrogens (tertiary/aromatic N) is 1. The van der Waals surface area contributed by atoms with Gasteiger partial charge >= 0.3 is 0 Å². The van der Waals surface area contributed by atoms with Crippen LogP contribution >= 0.6 is 0 Å². The molecule has 1 saturated heterocycles. The van der Waals surface area contributed by atoms with Gasteiger partial charge in [0.05, 0.1) is 0 Å². The van der Waals surface area contributed by atoms with Gasteiger partial charge < -0.3 is 9.88 Å². The van der Waals surface area contributed by atoms with Crippen LogP contribution in [-0.2, 0) is 6.54 Å². The van der Waals surface area contributed by atoms with Crippen LogP contribution in [0.15, 0.2) is 23.5 Å². The molecule has 0 unspecified atom stereocenters. The van der Waals surface area contributed by atoms with Crippen molar-refractivity contribution in [3.8, 4) is 0 Å². The average molecular weight is 216 g/mol. The number of rotatable bonds is 1. The predicted molar refractivity (Wildman–Crippen MR) is 64.5 cm³/mol. The molecule has 1 aromatic rings. The molecule has 3 heterocycles. The van der Waals surface area contributed by atoms with E-state index in [4.69, 9.17) is 0 Å². The lowest BCUT2D eigenvalue weighted by molar-refractivity contribution is 0.257. The molecule has 16 heavy (non-hydrogen) atoms. The normalized spacial score (nSPS) is 27.2. The van der Waals surface area contributed by atoms with E-state index in [2.05, 4.69) is 18.0 Å². The van der Waals surface area contributed by atoms with E-state index in [1.165, 1.54) is 12.1 Å². The zero-order valence-corrected chi connectivity index (χ0v) is 9.28. The largest absolute Gasteiger partial charge is 0.316 e. The Morgan fingerprint density at radius 1 is 1.44 bits per heavy atom. The van der Waals surface area contributed by atoms with Crippen LogP contribution in [0, 0.1) is 5.92 Å². The summed E-state index contributed by atoms with van der Waals surface area (Å²) in [5.41, 5.74) is 2.26. The summed E-state index contributed by atoms with van der Waals surface area (Å²) in [7, 11) is 0. The van der Waals surface area contributed by atoms with Crippen LogP contribution in [0.2, 0.25) is 0 Å². The summed E-state index contributed by atoms with van der Waals surface area (Å²) in [5, 5.41) is 3.44. The van der Waals surface area contributed by atoms with Crippen molar-refractivity contribution in [2.45, 2.75) is 18.9 Å². The molecule has 3 heteroatoms. The minimum atomic E-state index is 0.129. The summed E-state index contributed by atoms with van der Waals surface area (Å²) in [4.78, 5) is 12.0. The fraction of sp³-hybridized carbons (Fsp3) is 0.462. The maximum absolute atomic E-state index is 12.0. The first-order valence-corrected chi connectivity index (χ1v) is 5.86. The molecule has 1 fully saturated rings. The van der Waals surface area contributed by atoms with Crippen molar-refractivity contribution in [3.05, 3.63) is 40.3 Å². The third-order valence-electron chi connectivity index (χ3n) is 3.72. The fourth-order valence-electron chi connectivity index (χ4n) is 2.94. The molecule has 2 atom stereocenters. The van der Waals surface area contributed by atoms with Crippen molar-refractivity contribution in [3.63, 3.8) is 0 Å². The van der Waals surface area contributed by atoms with Gasteiger partial charge in [-0.05, 0) is 30.5 Å². The Balaban J connectivity index is 2.16. The Kier molecular flexibility index (Phi) is 2.21. The Morgan fingerprint density at radius 2 is 2.31 bits per heavy atom. The third kappa shape index (κ3) is 1.43. The van der Waals surface area contributed by atoms with Gasteiger partial charge in [0.25, 0.3) is 5.56 Å². The second kappa shape index (κ2) is 3.59. The van der Waals surface area contributed by atoms with E-state index in [-0.39, 0.29) is 5.56 Å². The number of piperidine rings is 1. The van der Waals surface area contributed by atoms with Crippen LogP contribution in [0.1, 0.15) is 23.6 Å². The van der Waals surface area contributed by atoms with Crippen molar-refractivity contribution in [1.29, 1.82) is 0 Å². The summed E-state index contributed by atoms with van der Waals surface area (Å²) >= 11 is 0. The molecule has 2 bridgehead atoms. The first-order chi connectivity index (χ1) is 7.78. The molecule has 0 amide bonds. The molecule has 1 N–H and O–H groups in total. The van der Waals surface area contributed by atoms with Gasteiger partial charge in [-0.15, -0.1) is 0 Å². The van der Waals surface area contributed by atoms with E-state index in [1.807, 2.05) is 4.57 Å².